The van der Waals surface area contributed by atoms with Crippen LogP contribution in [0.4, 0.5) is 15.8 Å². The molecule has 0 aliphatic rings. The summed E-state index contributed by atoms with van der Waals surface area (Å²) in [6.45, 7) is 1.77. The maximum Gasteiger partial charge on any atom is 0.293 e. The van der Waals surface area contributed by atoms with Crippen molar-refractivity contribution in [1.82, 2.24) is 15.0 Å². The first-order chi connectivity index (χ1) is 14.1. The zero-order chi connectivity index (χ0) is 20.8. The molecule has 4 N–H and O–H groups in total. The lowest BCUT2D eigenvalue weighted by molar-refractivity contribution is 0.0162. The molecule has 0 saturated carbocycles. The molecule has 2 aromatic heterocycles. The average molecular weight is 402 g/mol. The number of aliphatic hydroxyl groups is 2. The highest BCUT2D eigenvalue weighted by Gasteiger charge is 2.24. The molecule has 1 aromatic carbocycles. The van der Waals surface area contributed by atoms with Gasteiger partial charge in [0.05, 0.1) is 30.1 Å². The maximum absolute atomic E-state index is 14.5. The number of amides is 1. The molecule has 2 heterocycles. The van der Waals surface area contributed by atoms with Gasteiger partial charge in [0.2, 0.25) is 0 Å². The second kappa shape index (κ2) is 9.46. The van der Waals surface area contributed by atoms with Gasteiger partial charge in [-0.05, 0) is 37.1 Å². The van der Waals surface area contributed by atoms with E-state index < -0.39 is 11.7 Å². The number of nitrogens with one attached hydrogen (secondary N) is 2. The number of benzene rings is 1. The van der Waals surface area contributed by atoms with Gasteiger partial charge in [-0.3, -0.25) is 14.6 Å². The van der Waals surface area contributed by atoms with E-state index in [0.29, 0.717) is 29.6 Å². The van der Waals surface area contributed by atoms with Crippen molar-refractivity contribution in [2.45, 2.75) is 19.9 Å². The Labute approximate surface area is 166 Å². The van der Waals surface area contributed by atoms with Crippen LogP contribution >= 0.6 is 0 Å². The van der Waals surface area contributed by atoms with Gasteiger partial charge in [0.1, 0.15) is 11.5 Å². The molecule has 3 aromatic rings. The van der Waals surface area contributed by atoms with Crippen molar-refractivity contribution in [1.29, 1.82) is 0 Å². The topological polar surface area (TPSA) is 109 Å². The zero-order valence-electron chi connectivity index (χ0n) is 16.0. The van der Waals surface area contributed by atoms with E-state index in [2.05, 4.69) is 15.8 Å². The number of aromatic nitrogens is 2. The lowest BCUT2D eigenvalue weighted by Crippen LogP contribution is -2.28. The zero-order valence-corrected chi connectivity index (χ0v) is 16.0. The summed E-state index contributed by atoms with van der Waals surface area (Å²) >= 11 is 0. The Morgan fingerprint density at radius 2 is 2.10 bits per heavy atom. The van der Waals surface area contributed by atoms with Gasteiger partial charge >= 0.3 is 0 Å². The molecular formula is C20H23FN4O4. The standard InChI is InChI=1S/C20H23FN4O4/c1-13-3-4-16(15(21)11-13)23-18-14-12-22-6-5-17(14)25(7-2-8-26)19(18)20(28)24-29-10-9-27/h3-6,11-12,23,26-27H,2,7-10H2,1H3,(H,24,28). The van der Waals surface area contributed by atoms with Crippen molar-refractivity contribution in [3.8, 4) is 0 Å². The number of rotatable bonds is 9. The summed E-state index contributed by atoms with van der Waals surface area (Å²) in [5, 5.41) is 21.8. The first kappa shape index (κ1) is 20.7. The van der Waals surface area contributed by atoms with E-state index >= 15 is 0 Å². The summed E-state index contributed by atoms with van der Waals surface area (Å²) in [6, 6.07) is 6.50. The SMILES string of the molecule is Cc1ccc(Nc2c(C(=O)NOCCO)n(CCCO)c3ccncc23)c(F)c1. The second-order valence-electron chi connectivity index (χ2n) is 6.46. The van der Waals surface area contributed by atoms with Gasteiger partial charge in [-0.1, -0.05) is 6.07 Å². The van der Waals surface area contributed by atoms with Crippen molar-refractivity contribution in [2.75, 3.05) is 25.1 Å². The van der Waals surface area contributed by atoms with Crippen LogP contribution in [0, 0.1) is 12.7 Å². The third-order valence-electron chi connectivity index (χ3n) is 4.36. The number of nitrogens with zero attached hydrogens (tertiary/aromatic N) is 2. The van der Waals surface area contributed by atoms with Gasteiger partial charge in [-0.25, -0.2) is 9.87 Å². The van der Waals surface area contributed by atoms with Crippen LogP contribution in [0.1, 0.15) is 22.5 Å². The quantitative estimate of drug-likeness (QED) is 0.323. The Kier molecular flexibility index (Phi) is 6.76. The first-order valence-electron chi connectivity index (χ1n) is 9.20. The van der Waals surface area contributed by atoms with Gasteiger partial charge in [-0.2, -0.15) is 0 Å². The fraction of sp³-hybridized carbons (Fsp3) is 0.300. The van der Waals surface area contributed by atoms with Crippen molar-refractivity contribution < 1.29 is 24.2 Å². The van der Waals surface area contributed by atoms with Crippen LogP contribution in [0.3, 0.4) is 0 Å². The van der Waals surface area contributed by atoms with Crippen molar-refractivity contribution in [2.24, 2.45) is 0 Å². The summed E-state index contributed by atoms with van der Waals surface area (Å²) in [7, 11) is 0. The largest absolute Gasteiger partial charge is 0.396 e. The number of hydrogen-bond acceptors (Lipinski definition) is 6. The molecule has 154 valence electrons. The van der Waals surface area contributed by atoms with Gasteiger partial charge in [-0.15, -0.1) is 0 Å². The number of hydroxylamine groups is 1. The van der Waals surface area contributed by atoms with E-state index in [1.807, 2.05) is 0 Å². The summed E-state index contributed by atoms with van der Waals surface area (Å²) in [5.74, 6) is -1.02. The van der Waals surface area contributed by atoms with Crippen LogP contribution in [0.25, 0.3) is 10.9 Å². The van der Waals surface area contributed by atoms with E-state index in [9.17, 15) is 14.3 Å². The molecule has 8 nitrogen and oxygen atoms in total. The summed E-state index contributed by atoms with van der Waals surface area (Å²) in [4.78, 5) is 22.0. The Morgan fingerprint density at radius 3 is 2.83 bits per heavy atom. The van der Waals surface area contributed by atoms with Crippen LogP contribution in [-0.4, -0.2) is 45.5 Å². The monoisotopic (exact) mass is 402 g/mol. The lowest BCUT2D eigenvalue weighted by Gasteiger charge is -2.13. The second-order valence-corrected chi connectivity index (χ2v) is 6.46. The van der Waals surface area contributed by atoms with Gasteiger partial charge in [0.15, 0.2) is 0 Å². The number of anilines is 2. The maximum atomic E-state index is 14.5. The molecule has 3 rings (SSSR count). The third kappa shape index (κ3) is 4.53. The summed E-state index contributed by atoms with van der Waals surface area (Å²) in [5.41, 5.74) is 4.56. The number of pyridine rings is 1. The minimum Gasteiger partial charge on any atom is -0.396 e. The van der Waals surface area contributed by atoms with Crippen molar-refractivity contribution >= 4 is 28.2 Å². The summed E-state index contributed by atoms with van der Waals surface area (Å²) < 4.78 is 16.2. The highest BCUT2D eigenvalue weighted by molar-refractivity contribution is 6.09. The Morgan fingerprint density at radius 1 is 1.28 bits per heavy atom. The van der Waals surface area contributed by atoms with E-state index in [1.165, 1.54) is 6.07 Å². The van der Waals surface area contributed by atoms with E-state index in [-0.39, 0.29) is 31.2 Å². The Balaban J connectivity index is 2.12. The summed E-state index contributed by atoms with van der Waals surface area (Å²) in [6.07, 6.45) is 3.60. The van der Waals surface area contributed by atoms with Gasteiger partial charge < -0.3 is 20.1 Å². The number of halogens is 1. The first-order valence-corrected chi connectivity index (χ1v) is 9.20. The molecule has 9 heteroatoms. The molecule has 0 atom stereocenters. The highest BCUT2D eigenvalue weighted by Crippen LogP contribution is 2.34. The lowest BCUT2D eigenvalue weighted by atomic mass is 10.2. The number of fused-ring (bicyclic) bond motifs is 1. The van der Waals surface area contributed by atoms with Crippen LogP contribution in [-0.2, 0) is 11.4 Å². The molecule has 29 heavy (non-hydrogen) atoms. The molecular weight excluding hydrogens is 379 g/mol. The average Bonchev–Trinajstić information content (AvgIpc) is 3.02. The molecule has 0 radical (unpaired) electrons. The molecule has 0 spiro atoms. The molecule has 0 saturated heterocycles. The fourth-order valence-corrected chi connectivity index (χ4v) is 3.09. The fourth-order valence-electron chi connectivity index (χ4n) is 3.09. The molecule has 0 aliphatic heterocycles. The molecule has 0 aliphatic carbocycles. The number of hydrogen-bond donors (Lipinski definition) is 4. The van der Waals surface area contributed by atoms with Crippen molar-refractivity contribution in [3.63, 3.8) is 0 Å². The number of carbonyl (C=O) groups is 1. The van der Waals surface area contributed by atoms with Crippen molar-refractivity contribution in [3.05, 3.63) is 53.7 Å². The van der Waals surface area contributed by atoms with Crippen LogP contribution in [0.15, 0.2) is 36.7 Å². The predicted octanol–water partition coefficient (Wildman–Crippen LogP) is 2.26. The van der Waals surface area contributed by atoms with Gasteiger partial charge in [0.25, 0.3) is 5.91 Å². The number of aryl methyl sites for hydroxylation is 2. The molecule has 0 bridgehead atoms. The Bertz CT molecular complexity index is 1010. The van der Waals surface area contributed by atoms with Crippen LogP contribution in [0.2, 0.25) is 0 Å². The van der Waals surface area contributed by atoms with E-state index in [0.717, 1.165) is 5.56 Å². The normalized spacial score (nSPS) is 11.0. The van der Waals surface area contributed by atoms with E-state index in [1.54, 1.807) is 42.1 Å². The van der Waals surface area contributed by atoms with Crippen LogP contribution in [0.5, 0.6) is 0 Å². The third-order valence-corrected chi connectivity index (χ3v) is 4.36. The molecule has 0 fully saturated rings. The van der Waals surface area contributed by atoms with E-state index in [4.69, 9.17) is 9.94 Å². The number of aliphatic hydroxyl groups excluding tert-OH is 2. The minimum atomic E-state index is -0.567. The predicted molar refractivity (Wildman–Crippen MR) is 106 cm³/mol. The van der Waals surface area contributed by atoms with Crippen LogP contribution < -0.4 is 10.8 Å². The molecule has 0 unspecified atom stereocenters. The minimum absolute atomic E-state index is 0.0534. The van der Waals surface area contributed by atoms with Gasteiger partial charge in [0, 0.05) is 30.9 Å². The smallest absolute Gasteiger partial charge is 0.293 e. The number of carbonyl (C=O) groups excluding carboxylic acids is 1. The Hall–Kier alpha value is -3.01. The molecule has 1 amide bonds. The highest BCUT2D eigenvalue weighted by atomic mass is 19.1.